The number of carbonyl (C=O) groups excluding carboxylic acids is 1. The number of carbonyl (C=O) groups is 1. The van der Waals surface area contributed by atoms with Crippen molar-refractivity contribution in [3.63, 3.8) is 0 Å². The Morgan fingerprint density at radius 1 is 1.62 bits per heavy atom. The Morgan fingerprint density at radius 3 is 3.00 bits per heavy atom. The van der Waals surface area contributed by atoms with E-state index < -0.39 is 0 Å². The average molecular weight is 178 g/mol. The van der Waals surface area contributed by atoms with E-state index >= 15 is 0 Å². The van der Waals surface area contributed by atoms with Gasteiger partial charge in [-0.1, -0.05) is 19.2 Å². The van der Waals surface area contributed by atoms with Gasteiger partial charge in [0.1, 0.15) is 6.10 Å². The molecule has 0 radical (unpaired) electrons. The number of rotatable bonds is 3. The zero-order valence-corrected chi connectivity index (χ0v) is 7.66. The first-order valence-electron chi connectivity index (χ1n) is 4.42. The van der Waals surface area contributed by atoms with Crippen LogP contribution in [-0.4, -0.2) is 12.1 Å². The lowest BCUT2D eigenvalue weighted by molar-refractivity contribution is -0.141. The molecule has 0 N–H and O–H groups in total. The highest BCUT2D eigenvalue weighted by molar-refractivity contribution is 5.81. The van der Waals surface area contributed by atoms with Crippen molar-refractivity contribution in [1.82, 2.24) is 0 Å². The Balaban J connectivity index is 2.55. The van der Waals surface area contributed by atoms with Crippen molar-refractivity contribution in [2.24, 2.45) is 0 Å². The fourth-order valence-corrected chi connectivity index (χ4v) is 1.37. The van der Waals surface area contributed by atoms with Crippen LogP contribution in [-0.2, 0) is 9.53 Å². The van der Waals surface area contributed by atoms with E-state index in [2.05, 4.69) is 13.2 Å². The molecular weight excluding hydrogens is 164 g/mol. The van der Waals surface area contributed by atoms with Crippen molar-refractivity contribution < 1.29 is 9.53 Å². The summed E-state index contributed by atoms with van der Waals surface area (Å²) in [6, 6.07) is 0. The number of hydrogen-bond acceptors (Lipinski definition) is 2. The first kappa shape index (κ1) is 9.78. The zero-order valence-electron chi connectivity index (χ0n) is 7.66. The molecule has 1 unspecified atom stereocenters. The van der Waals surface area contributed by atoms with Gasteiger partial charge < -0.3 is 4.74 Å². The fourth-order valence-electron chi connectivity index (χ4n) is 1.37. The van der Waals surface area contributed by atoms with Crippen LogP contribution in [0.1, 0.15) is 19.3 Å². The summed E-state index contributed by atoms with van der Waals surface area (Å²) in [6.07, 6.45) is 7.85. The summed E-state index contributed by atoms with van der Waals surface area (Å²) >= 11 is 0. The molecule has 0 aromatic heterocycles. The molecule has 1 rings (SSSR count). The lowest BCUT2D eigenvalue weighted by Gasteiger charge is -2.19. The van der Waals surface area contributed by atoms with Crippen molar-refractivity contribution in [3.05, 3.63) is 37.0 Å². The van der Waals surface area contributed by atoms with Gasteiger partial charge in [-0.15, -0.1) is 0 Å². The third kappa shape index (κ3) is 2.90. The highest BCUT2D eigenvalue weighted by Gasteiger charge is 2.14. The van der Waals surface area contributed by atoms with Crippen LogP contribution < -0.4 is 0 Å². The van der Waals surface area contributed by atoms with Crippen LogP contribution in [0.15, 0.2) is 37.0 Å². The van der Waals surface area contributed by atoms with E-state index in [1.54, 1.807) is 0 Å². The van der Waals surface area contributed by atoms with Crippen LogP contribution in [0.25, 0.3) is 0 Å². The lowest BCUT2D eigenvalue weighted by Crippen LogP contribution is -2.17. The molecule has 0 bridgehead atoms. The topological polar surface area (TPSA) is 26.3 Å². The summed E-state index contributed by atoms with van der Waals surface area (Å²) < 4.78 is 5.09. The van der Waals surface area contributed by atoms with Crippen LogP contribution in [0.2, 0.25) is 0 Å². The van der Waals surface area contributed by atoms with Gasteiger partial charge in [-0.3, -0.25) is 0 Å². The lowest BCUT2D eigenvalue weighted by atomic mass is 9.97. The maximum absolute atomic E-state index is 10.9. The highest BCUT2D eigenvalue weighted by Crippen LogP contribution is 2.20. The summed E-state index contributed by atoms with van der Waals surface area (Å²) in [7, 11) is 0. The molecule has 0 heterocycles. The quantitative estimate of drug-likeness (QED) is 0.490. The Morgan fingerprint density at radius 2 is 2.38 bits per heavy atom. The van der Waals surface area contributed by atoms with Crippen LogP contribution in [0.3, 0.4) is 0 Å². The normalized spacial score (nSPS) is 21.5. The molecule has 0 saturated carbocycles. The largest absolute Gasteiger partial charge is 0.455 e. The maximum Gasteiger partial charge on any atom is 0.330 e. The van der Waals surface area contributed by atoms with Gasteiger partial charge in [-0.2, -0.15) is 0 Å². The van der Waals surface area contributed by atoms with E-state index in [0.29, 0.717) is 0 Å². The Kier molecular flexibility index (Phi) is 3.50. The molecule has 1 aliphatic rings. The smallest absolute Gasteiger partial charge is 0.330 e. The molecule has 0 aliphatic heterocycles. The molecule has 0 spiro atoms. The second-order valence-corrected chi connectivity index (χ2v) is 3.02. The molecule has 0 aromatic carbocycles. The van der Waals surface area contributed by atoms with E-state index in [1.807, 2.05) is 12.2 Å². The van der Waals surface area contributed by atoms with Gasteiger partial charge in [-0.25, -0.2) is 4.79 Å². The number of hydrogen-bond donors (Lipinski definition) is 0. The first-order chi connectivity index (χ1) is 6.26. The standard InChI is InChI=1S/C11H14O2/c1-3-9-6-5-7-10(8-9)13-11(12)4-2/h3-4,8,10H,1-2,5-7H2. The Bertz CT molecular complexity index is 251. The Labute approximate surface area is 78.6 Å². The number of ether oxygens (including phenoxy) is 1. The first-order valence-corrected chi connectivity index (χ1v) is 4.42. The Hall–Kier alpha value is -1.31. The SMILES string of the molecule is C=CC(=O)OC1C=C(C=C)CCC1. The summed E-state index contributed by atoms with van der Waals surface area (Å²) in [5.74, 6) is -0.355. The van der Waals surface area contributed by atoms with Gasteiger partial charge in [0.15, 0.2) is 0 Å². The monoisotopic (exact) mass is 178 g/mol. The molecule has 0 fully saturated rings. The summed E-state index contributed by atoms with van der Waals surface area (Å²) in [6.45, 7) is 7.04. The zero-order chi connectivity index (χ0) is 9.68. The van der Waals surface area contributed by atoms with Crippen LogP contribution >= 0.6 is 0 Å². The fraction of sp³-hybridized carbons (Fsp3) is 0.364. The second-order valence-electron chi connectivity index (χ2n) is 3.02. The van der Waals surface area contributed by atoms with Crippen LogP contribution in [0, 0.1) is 0 Å². The maximum atomic E-state index is 10.9. The molecule has 1 atom stereocenters. The average Bonchev–Trinajstić information content (AvgIpc) is 2.18. The van der Waals surface area contributed by atoms with Crippen molar-refractivity contribution >= 4 is 5.97 Å². The number of allylic oxidation sites excluding steroid dienone is 2. The predicted molar refractivity (Wildman–Crippen MR) is 52.2 cm³/mol. The predicted octanol–water partition coefficient (Wildman–Crippen LogP) is 2.38. The van der Waals surface area contributed by atoms with E-state index in [4.69, 9.17) is 4.74 Å². The van der Waals surface area contributed by atoms with E-state index in [-0.39, 0.29) is 12.1 Å². The molecule has 13 heavy (non-hydrogen) atoms. The molecule has 0 amide bonds. The molecular formula is C11H14O2. The van der Waals surface area contributed by atoms with Gasteiger partial charge >= 0.3 is 5.97 Å². The van der Waals surface area contributed by atoms with E-state index in [1.165, 1.54) is 6.08 Å². The van der Waals surface area contributed by atoms with E-state index in [0.717, 1.165) is 24.8 Å². The molecule has 2 heteroatoms. The molecule has 0 saturated heterocycles. The second kappa shape index (κ2) is 4.65. The molecule has 2 nitrogen and oxygen atoms in total. The minimum atomic E-state index is -0.355. The highest BCUT2D eigenvalue weighted by atomic mass is 16.5. The third-order valence-corrected chi connectivity index (χ3v) is 2.05. The minimum Gasteiger partial charge on any atom is -0.455 e. The summed E-state index contributed by atoms with van der Waals surface area (Å²) in [5, 5.41) is 0. The van der Waals surface area contributed by atoms with Crippen molar-refractivity contribution in [2.75, 3.05) is 0 Å². The molecule has 70 valence electrons. The van der Waals surface area contributed by atoms with E-state index in [9.17, 15) is 4.79 Å². The van der Waals surface area contributed by atoms with Crippen molar-refractivity contribution in [2.45, 2.75) is 25.4 Å². The van der Waals surface area contributed by atoms with Crippen molar-refractivity contribution in [1.29, 1.82) is 0 Å². The van der Waals surface area contributed by atoms with Gasteiger partial charge in [0.05, 0.1) is 0 Å². The number of esters is 1. The van der Waals surface area contributed by atoms with Gasteiger partial charge in [0.2, 0.25) is 0 Å². The van der Waals surface area contributed by atoms with Gasteiger partial charge in [-0.05, 0) is 30.9 Å². The van der Waals surface area contributed by atoms with Crippen molar-refractivity contribution in [3.8, 4) is 0 Å². The summed E-state index contributed by atoms with van der Waals surface area (Å²) in [4.78, 5) is 10.9. The van der Waals surface area contributed by atoms with Gasteiger partial charge in [0.25, 0.3) is 0 Å². The third-order valence-electron chi connectivity index (χ3n) is 2.05. The van der Waals surface area contributed by atoms with Gasteiger partial charge in [0, 0.05) is 6.08 Å². The molecule has 1 aliphatic carbocycles. The molecule has 0 aromatic rings. The van der Waals surface area contributed by atoms with Crippen LogP contribution in [0.4, 0.5) is 0 Å². The minimum absolute atomic E-state index is 0.0905. The van der Waals surface area contributed by atoms with Crippen LogP contribution in [0.5, 0.6) is 0 Å². The summed E-state index contributed by atoms with van der Waals surface area (Å²) in [5.41, 5.74) is 1.16.